The molecule has 1 aromatic carbocycles. The SMILES string of the molecule is c1cc2c(cc1CN1CCCC3(CCCNC3)C1)OCO2. The van der Waals surface area contributed by atoms with Gasteiger partial charge in [0, 0.05) is 19.6 Å². The molecule has 0 aliphatic carbocycles. The van der Waals surface area contributed by atoms with E-state index < -0.39 is 0 Å². The van der Waals surface area contributed by atoms with Gasteiger partial charge in [0.15, 0.2) is 11.5 Å². The van der Waals surface area contributed by atoms with Gasteiger partial charge in [-0.2, -0.15) is 0 Å². The van der Waals surface area contributed by atoms with Crippen LogP contribution in [0.5, 0.6) is 11.5 Å². The predicted molar refractivity (Wildman–Crippen MR) is 81.6 cm³/mol. The molecular weight excluding hydrogens is 264 g/mol. The third-order valence-corrected chi connectivity index (χ3v) is 5.14. The second-order valence-electron chi connectivity index (χ2n) is 6.78. The fourth-order valence-electron chi connectivity index (χ4n) is 4.12. The Kier molecular flexibility index (Phi) is 3.51. The Balaban J connectivity index is 1.44. The minimum atomic E-state index is 0.358. The molecular formula is C17H24N2O2. The lowest BCUT2D eigenvalue weighted by molar-refractivity contribution is 0.0600. The monoisotopic (exact) mass is 288 g/mol. The van der Waals surface area contributed by atoms with E-state index in [1.807, 2.05) is 6.07 Å². The van der Waals surface area contributed by atoms with Gasteiger partial charge in [0.25, 0.3) is 0 Å². The van der Waals surface area contributed by atoms with Gasteiger partial charge in [0.2, 0.25) is 6.79 Å². The minimum absolute atomic E-state index is 0.358. The summed E-state index contributed by atoms with van der Waals surface area (Å²) >= 11 is 0. The zero-order valence-corrected chi connectivity index (χ0v) is 12.6. The molecule has 4 rings (SSSR count). The van der Waals surface area contributed by atoms with Crippen molar-refractivity contribution in [3.8, 4) is 11.5 Å². The van der Waals surface area contributed by atoms with Crippen LogP contribution in [0.1, 0.15) is 31.2 Å². The minimum Gasteiger partial charge on any atom is -0.454 e. The summed E-state index contributed by atoms with van der Waals surface area (Å²) in [4.78, 5) is 2.62. The van der Waals surface area contributed by atoms with Gasteiger partial charge in [0.05, 0.1) is 0 Å². The molecule has 4 nitrogen and oxygen atoms in total. The van der Waals surface area contributed by atoms with E-state index >= 15 is 0 Å². The summed E-state index contributed by atoms with van der Waals surface area (Å²) in [6, 6.07) is 6.36. The van der Waals surface area contributed by atoms with Crippen LogP contribution in [0.3, 0.4) is 0 Å². The number of hydrogen-bond donors (Lipinski definition) is 1. The van der Waals surface area contributed by atoms with E-state index in [0.717, 1.165) is 18.0 Å². The van der Waals surface area contributed by atoms with Crippen LogP contribution in [0.2, 0.25) is 0 Å². The Morgan fingerprint density at radius 1 is 1.14 bits per heavy atom. The third kappa shape index (κ3) is 2.74. The first-order valence-corrected chi connectivity index (χ1v) is 8.15. The lowest BCUT2D eigenvalue weighted by atomic mass is 9.74. The Morgan fingerprint density at radius 3 is 2.95 bits per heavy atom. The van der Waals surface area contributed by atoms with Gasteiger partial charge >= 0.3 is 0 Å². The molecule has 3 aliphatic heterocycles. The number of benzene rings is 1. The van der Waals surface area contributed by atoms with Gasteiger partial charge in [-0.05, 0) is 61.9 Å². The average molecular weight is 288 g/mol. The summed E-state index contributed by atoms with van der Waals surface area (Å²) in [5.74, 6) is 1.78. The van der Waals surface area contributed by atoms with Gasteiger partial charge in [-0.25, -0.2) is 0 Å². The van der Waals surface area contributed by atoms with Crippen molar-refractivity contribution in [3.05, 3.63) is 23.8 Å². The number of nitrogens with one attached hydrogen (secondary N) is 1. The largest absolute Gasteiger partial charge is 0.454 e. The third-order valence-electron chi connectivity index (χ3n) is 5.14. The van der Waals surface area contributed by atoms with Crippen molar-refractivity contribution in [2.45, 2.75) is 32.2 Å². The maximum atomic E-state index is 5.49. The molecule has 2 saturated heterocycles. The van der Waals surface area contributed by atoms with E-state index in [-0.39, 0.29) is 0 Å². The molecule has 4 heteroatoms. The smallest absolute Gasteiger partial charge is 0.231 e. The highest BCUT2D eigenvalue weighted by Crippen LogP contribution is 2.37. The van der Waals surface area contributed by atoms with Crippen LogP contribution in [0, 0.1) is 5.41 Å². The van der Waals surface area contributed by atoms with Crippen molar-refractivity contribution < 1.29 is 9.47 Å². The number of piperidine rings is 2. The fourth-order valence-corrected chi connectivity index (χ4v) is 4.12. The molecule has 1 aromatic rings. The zero-order chi connectivity index (χ0) is 14.1. The van der Waals surface area contributed by atoms with Crippen LogP contribution in [0.15, 0.2) is 18.2 Å². The van der Waals surface area contributed by atoms with Crippen molar-refractivity contribution in [2.24, 2.45) is 5.41 Å². The molecule has 1 unspecified atom stereocenters. The molecule has 21 heavy (non-hydrogen) atoms. The molecule has 3 heterocycles. The molecule has 0 amide bonds. The van der Waals surface area contributed by atoms with Crippen LogP contribution >= 0.6 is 0 Å². The first kappa shape index (κ1) is 13.4. The number of ether oxygens (including phenoxy) is 2. The van der Waals surface area contributed by atoms with Crippen LogP contribution in [-0.2, 0) is 6.54 Å². The Morgan fingerprint density at radius 2 is 2.05 bits per heavy atom. The maximum Gasteiger partial charge on any atom is 0.231 e. The molecule has 0 radical (unpaired) electrons. The average Bonchev–Trinajstić information content (AvgIpc) is 2.96. The molecule has 1 N–H and O–H groups in total. The number of rotatable bonds is 2. The highest BCUT2D eigenvalue weighted by molar-refractivity contribution is 5.44. The Hall–Kier alpha value is -1.26. The molecule has 1 atom stereocenters. The van der Waals surface area contributed by atoms with E-state index in [9.17, 15) is 0 Å². The maximum absolute atomic E-state index is 5.49. The highest BCUT2D eigenvalue weighted by atomic mass is 16.7. The molecule has 0 saturated carbocycles. The predicted octanol–water partition coefficient (Wildman–Crippen LogP) is 2.38. The molecule has 0 bridgehead atoms. The van der Waals surface area contributed by atoms with Gasteiger partial charge in [0.1, 0.15) is 0 Å². The molecule has 1 spiro atoms. The molecule has 2 fully saturated rings. The van der Waals surface area contributed by atoms with E-state index in [2.05, 4.69) is 22.3 Å². The second kappa shape index (κ2) is 5.50. The standard InChI is InChI=1S/C17H24N2O2/c1-5-17(11-18-7-1)6-2-8-19(12-17)10-14-3-4-15-16(9-14)21-13-20-15/h3-4,9,18H,1-2,5-8,10-13H2. The number of hydrogen-bond acceptors (Lipinski definition) is 4. The van der Waals surface area contributed by atoms with E-state index in [4.69, 9.17) is 9.47 Å². The first-order valence-electron chi connectivity index (χ1n) is 8.15. The summed E-state index contributed by atoms with van der Waals surface area (Å²) in [6.07, 6.45) is 5.43. The van der Waals surface area contributed by atoms with Crippen LogP contribution in [0.25, 0.3) is 0 Å². The van der Waals surface area contributed by atoms with Gasteiger partial charge < -0.3 is 14.8 Å². The van der Waals surface area contributed by atoms with Crippen molar-refractivity contribution in [1.29, 1.82) is 0 Å². The van der Waals surface area contributed by atoms with Crippen molar-refractivity contribution in [3.63, 3.8) is 0 Å². The number of likely N-dealkylation sites (tertiary alicyclic amines) is 1. The summed E-state index contributed by atoms with van der Waals surface area (Å²) in [6.45, 7) is 6.23. The van der Waals surface area contributed by atoms with E-state index in [0.29, 0.717) is 12.2 Å². The molecule has 0 aromatic heterocycles. The van der Waals surface area contributed by atoms with Gasteiger partial charge in [-0.1, -0.05) is 6.07 Å². The first-order chi connectivity index (χ1) is 10.3. The van der Waals surface area contributed by atoms with Crippen molar-refractivity contribution >= 4 is 0 Å². The van der Waals surface area contributed by atoms with E-state index in [1.165, 1.54) is 57.4 Å². The zero-order valence-electron chi connectivity index (χ0n) is 12.6. The quantitative estimate of drug-likeness (QED) is 0.906. The van der Waals surface area contributed by atoms with E-state index in [1.54, 1.807) is 0 Å². The Bertz CT molecular complexity index is 506. The van der Waals surface area contributed by atoms with Crippen molar-refractivity contribution in [2.75, 3.05) is 33.0 Å². The lowest BCUT2D eigenvalue weighted by Crippen LogP contribution is -2.50. The molecule has 3 aliphatic rings. The van der Waals surface area contributed by atoms with Crippen LogP contribution < -0.4 is 14.8 Å². The van der Waals surface area contributed by atoms with Crippen molar-refractivity contribution in [1.82, 2.24) is 10.2 Å². The summed E-state index contributed by atoms with van der Waals surface area (Å²) < 4.78 is 10.9. The van der Waals surface area contributed by atoms with Crippen LogP contribution in [-0.4, -0.2) is 37.9 Å². The lowest BCUT2D eigenvalue weighted by Gasteiger charge is -2.45. The Labute approximate surface area is 126 Å². The summed E-state index contributed by atoms with van der Waals surface area (Å²) in [5, 5.41) is 3.60. The van der Waals surface area contributed by atoms with Crippen LogP contribution in [0.4, 0.5) is 0 Å². The fraction of sp³-hybridized carbons (Fsp3) is 0.647. The normalized spacial score (nSPS) is 29.0. The van der Waals surface area contributed by atoms with Gasteiger partial charge in [-0.3, -0.25) is 4.90 Å². The number of nitrogens with zero attached hydrogens (tertiary/aromatic N) is 1. The second-order valence-corrected chi connectivity index (χ2v) is 6.78. The highest BCUT2D eigenvalue weighted by Gasteiger charge is 2.36. The summed E-state index contributed by atoms with van der Waals surface area (Å²) in [5.41, 5.74) is 1.85. The topological polar surface area (TPSA) is 33.7 Å². The summed E-state index contributed by atoms with van der Waals surface area (Å²) in [7, 11) is 0. The van der Waals surface area contributed by atoms with Gasteiger partial charge in [-0.15, -0.1) is 0 Å². The number of fused-ring (bicyclic) bond motifs is 1. The molecule has 114 valence electrons.